The normalized spacial score (nSPS) is 14.4. The van der Waals surface area contributed by atoms with Gasteiger partial charge in [0.1, 0.15) is 16.8 Å². The highest BCUT2D eigenvalue weighted by Crippen LogP contribution is 2.13. The van der Waals surface area contributed by atoms with Crippen LogP contribution in [0.1, 0.15) is 20.8 Å². The van der Waals surface area contributed by atoms with Crippen LogP contribution in [-0.4, -0.2) is 33.1 Å². The molecule has 104 valence electrons. The third kappa shape index (κ3) is 2.38. The highest BCUT2D eigenvalue weighted by atomic mass is 32.1. The van der Waals surface area contributed by atoms with Gasteiger partial charge in [0.25, 0.3) is 0 Å². The monoisotopic (exact) mass is 289 g/mol. The van der Waals surface area contributed by atoms with Crippen molar-refractivity contribution in [3.8, 4) is 0 Å². The Bertz CT molecular complexity index is 789. The van der Waals surface area contributed by atoms with Gasteiger partial charge in [-0.1, -0.05) is 6.08 Å². The molecule has 6 heteroatoms. The van der Waals surface area contributed by atoms with Crippen molar-refractivity contribution in [2.75, 3.05) is 6.54 Å². The van der Waals surface area contributed by atoms with E-state index in [1.54, 1.807) is 16.2 Å². The molecule has 0 saturated heterocycles. The Morgan fingerprint density at radius 3 is 3.00 bits per heavy atom. The molecule has 0 aliphatic carbocycles. The molecule has 5 nitrogen and oxygen atoms in total. The maximum atomic E-state index is 12.1. The van der Waals surface area contributed by atoms with Gasteiger partial charge in [-0.3, -0.25) is 4.90 Å². The molecule has 0 spiro atoms. The fourth-order valence-corrected chi connectivity index (χ4v) is 3.08. The van der Waals surface area contributed by atoms with Crippen molar-refractivity contribution in [1.82, 2.24) is 14.9 Å². The molecule has 0 fully saturated rings. The van der Waals surface area contributed by atoms with E-state index in [1.807, 2.05) is 39.2 Å². The summed E-state index contributed by atoms with van der Waals surface area (Å²) in [6, 6.07) is 0. The van der Waals surface area contributed by atoms with E-state index < -0.39 is 5.60 Å². The molecule has 20 heavy (non-hydrogen) atoms. The average molecular weight is 289 g/mol. The van der Waals surface area contributed by atoms with Crippen LogP contribution in [0.25, 0.3) is 22.5 Å². The van der Waals surface area contributed by atoms with E-state index in [0.29, 0.717) is 6.54 Å². The molecule has 2 aromatic rings. The molecule has 0 bridgehead atoms. The maximum absolute atomic E-state index is 12.1. The van der Waals surface area contributed by atoms with Crippen LogP contribution >= 0.6 is 11.3 Å². The summed E-state index contributed by atoms with van der Waals surface area (Å²) in [7, 11) is 0. The fourth-order valence-electron chi connectivity index (χ4n) is 2.01. The maximum Gasteiger partial charge on any atom is 0.414 e. The summed E-state index contributed by atoms with van der Waals surface area (Å²) in [5.41, 5.74) is -0.489. The van der Waals surface area contributed by atoms with Gasteiger partial charge < -0.3 is 4.74 Å². The summed E-state index contributed by atoms with van der Waals surface area (Å²) < 4.78 is 6.39. The average Bonchev–Trinajstić information content (AvgIpc) is 2.74. The summed E-state index contributed by atoms with van der Waals surface area (Å²) in [4.78, 5) is 22.9. The summed E-state index contributed by atoms with van der Waals surface area (Å²) in [6.45, 7) is 6.08. The van der Waals surface area contributed by atoms with Crippen molar-refractivity contribution in [2.45, 2.75) is 26.4 Å². The Kier molecular flexibility index (Phi) is 2.97. The number of hydrogen-bond acceptors (Lipinski definition) is 5. The number of thiophene rings is 1. The zero-order valence-corrected chi connectivity index (χ0v) is 12.4. The van der Waals surface area contributed by atoms with Crippen molar-refractivity contribution >= 4 is 39.9 Å². The molecule has 0 N–H and O–H groups in total. The van der Waals surface area contributed by atoms with Crippen LogP contribution in [0.3, 0.4) is 0 Å². The van der Waals surface area contributed by atoms with Crippen LogP contribution in [0.2, 0.25) is 0 Å². The number of carbonyl (C=O) groups excluding carboxylic acids is 1. The Morgan fingerprint density at radius 2 is 2.25 bits per heavy atom. The van der Waals surface area contributed by atoms with Crippen molar-refractivity contribution in [3.05, 3.63) is 22.3 Å². The number of nitrogens with zero attached hydrogens (tertiary/aromatic N) is 3. The highest BCUT2D eigenvalue weighted by molar-refractivity contribution is 7.16. The van der Waals surface area contributed by atoms with Crippen LogP contribution in [0.4, 0.5) is 4.79 Å². The first-order chi connectivity index (χ1) is 9.44. The molecule has 3 heterocycles. The first-order valence-electron chi connectivity index (χ1n) is 6.34. The first-order valence-corrected chi connectivity index (χ1v) is 7.16. The van der Waals surface area contributed by atoms with E-state index >= 15 is 0 Å². The quantitative estimate of drug-likeness (QED) is 0.737. The molecule has 3 rings (SSSR count). The minimum absolute atomic E-state index is 0.331. The molecular weight excluding hydrogens is 274 g/mol. The lowest BCUT2D eigenvalue weighted by molar-refractivity contribution is 0.0380. The van der Waals surface area contributed by atoms with E-state index in [-0.39, 0.29) is 6.09 Å². The zero-order valence-electron chi connectivity index (χ0n) is 11.6. The molecule has 0 saturated carbocycles. The van der Waals surface area contributed by atoms with Gasteiger partial charge in [-0.2, -0.15) is 0 Å². The van der Waals surface area contributed by atoms with Gasteiger partial charge in [-0.15, -0.1) is 11.3 Å². The first kappa shape index (κ1) is 13.1. The van der Waals surface area contributed by atoms with Gasteiger partial charge in [-0.05, 0) is 20.8 Å². The fraction of sp³-hybridized carbons (Fsp3) is 0.357. The van der Waals surface area contributed by atoms with Gasteiger partial charge in [0.2, 0.25) is 0 Å². The third-order valence-electron chi connectivity index (χ3n) is 2.83. The molecule has 1 aliphatic heterocycles. The largest absolute Gasteiger partial charge is 0.443 e. The lowest BCUT2D eigenvalue weighted by atomic mass is 10.2. The number of amides is 1. The highest BCUT2D eigenvalue weighted by Gasteiger charge is 2.21. The van der Waals surface area contributed by atoms with Crippen LogP contribution < -0.4 is 9.75 Å². The number of ether oxygens (including phenoxy) is 1. The molecule has 0 unspecified atom stereocenters. The van der Waals surface area contributed by atoms with E-state index in [0.717, 1.165) is 20.0 Å². The zero-order chi connectivity index (χ0) is 14.3. The van der Waals surface area contributed by atoms with Crippen molar-refractivity contribution < 1.29 is 9.53 Å². The van der Waals surface area contributed by atoms with Crippen LogP contribution in [0, 0.1) is 0 Å². The van der Waals surface area contributed by atoms with E-state index in [9.17, 15) is 4.79 Å². The number of hydrogen-bond donors (Lipinski definition) is 0. The number of rotatable bonds is 0. The summed E-state index contributed by atoms with van der Waals surface area (Å²) in [5.74, 6) is 0. The standard InChI is InChI=1S/C14H15N3O2S/c1-14(2,3)19-13(18)17-5-4-9-10-6-15-8-16-12(10)20-11(9)7-17/h4,6-8H,5H2,1-3H3. The number of carbonyl (C=O) groups is 1. The van der Waals surface area contributed by atoms with Gasteiger partial charge in [0, 0.05) is 29.5 Å². The van der Waals surface area contributed by atoms with Crippen molar-refractivity contribution in [2.24, 2.45) is 0 Å². The Balaban J connectivity index is 2.00. The van der Waals surface area contributed by atoms with Gasteiger partial charge in [-0.25, -0.2) is 14.8 Å². The van der Waals surface area contributed by atoms with E-state index in [2.05, 4.69) is 9.97 Å². The minimum Gasteiger partial charge on any atom is -0.443 e. The van der Waals surface area contributed by atoms with Crippen LogP contribution in [0.15, 0.2) is 12.5 Å². The third-order valence-corrected chi connectivity index (χ3v) is 3.90. The molecular formula is C14H15N3O2S. The second-order valence-electron chi connectivity index (χ2n) is 5.59. The Labute approximate surface area is 120 Å². The smallest absolute Gasteiger partial charge is 0.414 e. The number of aromatic nitrogens is 2. The van der Waals surface area contributed by atoms with Gasteiger partial charge >= 0.3 is 6.09 Å². The Morgan fingerprint density at radius 1 is 1.45 bits per heavy atom. The summed E-state index contributed by atoms with van der Waals surface area (Å²) in [5, 5.41) is 2.14. The van der Waals surface area contributed by atoms with Gasteiger partial charge in [0.05, 0.1) is 4.53 Å². The molecule has 1 amide bonds. The number of fused-ring (bicyclic) bond motifs is 3. The topological polar surface area (TPSA) is 55.3 Å². The van der Waals surface area contributed by atoms with Crippen LogP contribution in [-0.2, 0) is 4.74 Å². The molecule has 2 aromatic heterocycles. The van der Waals surface area contributed by atoms with Crippen molar-refractivity contribution in [3.63, 3.8) is 0 Å². The SMILES string of the molecule is CC(C)(C)OC(=O)N1C=c2sc3ncncc3c2=CC1. The summed E-state index contributed by atoms with van der Waals surface area (Å²) >= 11 is 1.55. The molecule has 0 aromatic carbocycles. The Hall–Kier alpha value is -1.95. The van der Waals surface area contributed by atoms with E-state index in [4.69, 9.17) is 4.74 Å². The summed E-state index contributed by atoms with van der Waals surface area (Å²) in [6.07, 6.45) is 6.86. The lowest BCUT2D eigenvalue weighted by Crippen LogP contribution is -2.39. The van der Waals surface area contributed by atoms with Crippen LogP contribution in [0.5, 0.6) is 0 Å². The predicted octanol–water partition coefficient (Wildman–Crippen LogP) is 1.46. The lowest BCUT2D eigenvalue weighted by Gasteiger charge is -2.25. The second-order valence-corrected chi connectivity index (χ2v) is 6.62. The van der Waals surface area contributed by atoms with Gasteiger partial charge in [0.15, 0.2) is 0 Å². The second kappa shape index (κ2) is 4.56. The van der Waals surface area contributed by atoms with Crippen molar-refractivity contribution in [1.29, 1.82) is 0 Å². The molecule has 1 aliphatic rings. The predicted molar refractivity (Wildman–Crippen MR) is 78.5 cm³/mol. The molecule has 0 radical (unpaired) electrons. The minimum atomic E-state index is -0.489. The molecule has 0 atom stereocenters. The van der Waals surface area contributed by atoms with E-state index in [1.165, 1.54) is 6.33 Å².